The maximum absolute atomic E-state index is 11.9. The molecule has 24 heavy (non-hydrogen) atoms. The van der Waals surface area contributed by atoms with E-state index in [1.807, 2.05) is 30.3 Å². The van der Waals surface area contributed by atoms with Crippen molar-refractivity contribution in [3.63, 3.8) is 0 Å². The number of carbonyl (C=O) groups is 2. The molecule has 0 spiro atoms. The molecule has 0 heterocycles. The monoisotopic (exact) mass is 326 g/mol. The van der Waals surface area contributed by atoms with Crippen LogP contribution in [0.3, 0.4) is 0 Å². The second-order valence-electron chi connectivity index (χ2n) is 5.61. The fraction of sp³-hybridized carbons (Fsp3) is 0.263. The van der Waals surface area contributed by atoms with Gasteiger partial charge in [0.25, 0.3) is 5.91 Å². The molecule has 0 aromatic heterocycles. The Hall–Kier alpha value is -2.82. The van der Waals surface area contributed by atoms with Gasteiger partial charge in [-0.25, -0.2) is 0 Å². The Morgan fingerprint density at radius 2 is 1.71 bits per heavy atom. The summed E-state index contributed by atoms with van der Waals surface area (Å²) in [6.45, 7) is 4.04. The molecule has 0 saturated carbocycles. The highest BCUT2D eigenvalue weighted by Gasteiger charge is 2.08. The van der Waals surface area contributed by atoms with Gasteiger partial charge in [0.1, 0.15) is 5.75 Å². The van der Waals surface area contributed by atoms with Crippen molar-refractivity contribution in [1.82, 2.24) is 5.32 Å². The lowest BCUT2D eigenvalue weighted by Crippen LogP contribution is -2.31. The number of anilines is 1. The average molecular weight is 326 g/mol. The van der Waals surface area contributed by atoms with Crippen LogP contribution in [0.5, 0.6) is 5.75 Å². The van der Waals surface area contributed by atoms with Gasteiger partial charge in [0, 0.05) is 19.2 Å². The van der Waals surface area contributed by atoms with Crippen molar-refractivity contribution >= 4 is 17.5 Å². The van der Waals surface area contributed by atoms with Crippen molar-refractivity contribution in [2.75, 3.05) is 18.5 Å². The van der Waals surface area contributed by atoms with Crippen LogP contribution in [-0.2, 0) is 9.59 Å². The molecular formula is C19H22N2O3. The van der Waals surface area contributed by atoms with Crippen LogP contribution in [0.1, 0.15) is 25.3 Å². The second kappa shape index (κ2) is 8.72. The molecule has 1 atom stereocenters. The van der Waals surface area contributed by atoms with Gasteiger partial charge in [0.15, 0.2) is 6.61 Å². The molecule has 0 radical (unpaired) electrons. The minimum atomic E-state index is -0.163. The van der Waals surface area contributed by atoms with Crippen LogP contribution >= 0.6 is 0 Å². The molecule has 0 aliphatic carbocycles. The lowest BCUT2D eigenvalue weighted by molar-refractivity contribution is -0.123. The summed E-state index contributed by atoms with van der Waals surface area (Å²) in [7, 11) is 0. The van der Waals surface area contributed by atoms with Crippen LogP contribution in [0.2, 0.25) is 0 Å². The van der Waals surface area contributed by atoms with Gasteiger partial charge in [-0.05, 0) is 35.7 Å². The Balaban J connectivity index is 1.74. The highest BCUT2D eigenvalue weighted by Crippen LogP contribution is 2.16. The van der Waals surface area contributed by atoms with Crippen LogP contribution in [-0.4, -0.2) is 25.0 Å². The van der Waals surface area contributed by atoms with E-state index in [9.17, 15) is 9.59 Å². The van der Waals surface area contributed by atoms with Gasteiger partial charge < -0.3 is 15.4 Å². The first-order valence-electron chi connectivity index (χ1n) is 7.86. The van der Waals surface area contributed by atoms with Crippen LogP contribution in [0.4, 0.5) is 5.69 Å². The molecule has 126 valence electrons. The van der Waals surface area contributed by atoms with Crippen LogP contribution in [0.25, 0.3) is 0 Å². The van der Waals surface area contributed by atoms with Crippen LogP contribution in [0, 0.1) is 0 Å². The SMILES string of the molecule is CC(=O)Nc1ccc(OCC(=O)NCC(C)c2ccccc2)cc1. The molecule has 2 rings (SSSR count). The summed E-state index contributed by atoms with van der Waals surface area (Å²) < 4.78 is 5.44. The molecule has 0 aliphatic rings. The van der Waals surface area contributed by atoms with Crippen molar-refractivity contribution < 1.29 is 14.3 Å². The smallest absolute Gasteiger partial charge is 0.257 e. The lowest BCUT2D eigenvalue weighted by Gasteiger charge is -2.13. The van der Waals surface area contributed by atoms with Gasteiger partial charge in [0.2, 0.25) is 5.91 Å². The number of nitrogens with one attached hydrogen (secondary N) is 2. The molecule has 0 aliphatic heterocycles. The summed E-state index contributed by atoms with van der Waals surface area (Å²) >= 11 is 0. The third kappa shape index (κ3) is 5.76. The first-order valence-corrected chi connectivity index (χ1v) is 7.86. The summed E-state index contributed by atoms with van der Waals surface area (Å²) in [4.78, 5) is 22.8. The zero-order valence-corrected chi connectivity index (χ0v) is 13.9. The van der Waals surface area contributed by atoms with Gasteiger partial charge in [-0.2, -0.15) is 0 Å². The fourth-order valence-electron chi connectivity index (χ4n) is 2.20. The maximum Gasteiger partial charge on any atom is 0.257 e. The molecule has 5 heteroatoms. The molecule has 5 nitrogen and oxygen atoms in total. The van der Waals surface area contributed by atoms with E-state index < -0.39 is 0 Å². The summed E-state index contributed by atoms with van der Waals surface area (Å²) in [5, 5.41) is 5.54. The topological polar surface area (TPSA) is 67.4 Å². The standard InChI is InChI=1S/C19H22N2O3/c1-14(16-6-4-3-5-7-16)12-20-19(23)13-24-18-10-8-17(9-11-18)21-15(2)22/h3-11,14H,12-13H2,1-2H3,(H,20,23)(H,21,22). The quantitative estimate of drug-likeness (QED) is 0.822. The van der Waals surface area contributed by atoms with Crippen LogP contribution < -0.4 is 15.4 Å². The fourth-order valence-corrected chi connectivity index (χ4v) is 2.20. The van der Waals surface area contributed by atoms with E-state index in [0.717, 1.165) is 0 Å². The third-order valence-corrected chi connectivity index (χ3v) is 3.52. The largest absolute Gasteiger partial charge is 0.484 e. The molecule has 2 N–H and O–H groups in total. The summed E-state index contributed by atoms with van der Waals surface area (Å²) in [5.74, 6) is 0.529. The lowest BCUT2D eigenvalue weighted by atomic mass is 10.0. The van der Waals surface area contributed by atoms with Gasteiger partial charge in [-0.1, -0.05) is 37.3 Å². The highest BCUT2D eigenvalue weighted by atomic mass is 16.5. The molecule has 1 unspecified atom stereocenters. The zero-order chi connectivity index (χ0) is 17.4. The summed E-state index contributed by atoms with van der Waals surface area (Å²) in [6.07, 6.45) is 0. The van der Waals surface area contributed by atoms with E-state index in [-0.39, 0.29) is 24.3 Å². The van der Waals surface area contributed by atoms with Crippen molar-refractivity contribution in [3.8, 4) is 5.75 Å². The number of hydrogen-bond donors (Lipinski definition) is 2. The van der Waals surface area contributed by atoms with E-state index in [2.05, 4.69) is 17.6 Å². The zero-order valence-electron chi connectivity index (χ0n) is 13.9. The first-order chi connectivity index (χ1) is 11.5. The Morgan fingerprint density at radius 1 is 1.04 bits per heavy atom. The maximum atomic E-state index is 11.9. The average Bonchev–Trinajstić information content (AvgIpc) is 2.59. The normalized spacial score (nSPS) is 11.4. The Labute approximate surface area is 142 Å². The molecule has 2 amide bonds. The number of carbonyl (C=O) groups excluding carboxylic acids is 2. The van der Waals surface area contributed by atoms with E-state index in [4.69, 9.17) is 4.74 Å². The minimum absolute atomic E-state index is 0.0407. The van der Waals surface area contributed by atoms with Gasteiger partial charge in [0.05, 0.1) is 0 Å². The van der Waals surface area contributed by atoms with Gasteiger partial charge in [-0.3, -0.25) is 9.59 Å². The van der Waals surface area contributed by atoms with Gasteiger partial charge in [-0.15, -0.1) is 0 Å². The highest BCUT2D eigenvalue weighted by molar-refractivity contribution is 5.88. The first kappa shape index (κ1) is 17.5. The van der Waals surface area contributed by atoms with Crippen molar-refractivity contribution in [3.05, 3.63) is 60.2 Å². The number of hydrogen-bond acceptors (Lipinski definition) is 3. The number of amides is 2. The number of rotatable bonds is 7. The molecular weight excluding hydrogens is 304 g/mol. The van der Waals surface area contributed by atoms with Gasteiger partial charge >= 0.3 is 0 Å². The summed E-state index contributed by atoms with van der Waals surface area (Å²) in [5.41, 5.74) is 1.88. The molecule has 0 saturated heterocycles. The van der Waals surface area contributed by atoms with E-state index >= 15 is 0 Å². The van der Waals surface area contributed by atoms with Crippen LogP contribution in [0.15, 0.2) is 54.6 Å². The third-order valence-electron chi connectivity index (χ3n) is 3.52. The molecule has 2 aromatic rings. The molecule has 0 fully saturated rings. The molecule has 2 aromatic carbocycles. The van der Waals surface area contributed by atoms with Crippen molar-refractivity contribution in [2.45, 2.75) is 19.8 Å². The minimum Gasteiger partial charge on any atom is -0.484 e. The predicted octanol–water partition coefficient (Wildman–Crippen LogP) is 2.94. The van der Waals surface area contributed by atoms with E-state index in [0.29, 0.717) is 18.0 Å². The Morgan fingerprint density at radius 3 is 2.33 bits per heavy atom. The number of benzene rings is 2. The van der Waals surface area contributed by atoms with E-state index in [1.54, 1.807) is 24.3 Å². The Bertz CT molecular complexity index is 669. The van der Waals surface area contributed by atoms with Crippen molar-refractivity contribution in [2.24, 2.45) is 0 Å². The Kier molecular flexibility index (Phi) is 6.37. The second-order valence-corrected chi connectivity index (χ2v) is 5.61. The van der Waals surface area contributed by atoms with E-state index in [1.165, 1.54) is 12.5 Å². The van der Waals surface area contributed by atoms with Crippen molar-refractivity contribution in [1.29, 1.82) is 0 Å². The summed E-state index contributed by atoms with van der Waals surface area (Å²) in [6, 6.07) is 16.9. The predicted molar refractivity (Wildman–Crippen MR) is 94.1 cm³/mol. The number of ether oxygens (including phenoxy) is 1. The molecule has 0 bridgehead atoms.